The standard InChI is InChI=1S/C19H22N4S/c1-13(2)12-17(18-21-15-10-6-7-11-16(15)22-18)23-19(24)20-14-8-4-3-5-9-14/h3-11,13,17H,12H2,1-2H3,(H,21,22)(H2,20,23,24)/t17-/m0/s1. The lowest BCUT2D eigenvalue weighted by Crippen LogP contribution is -2.33. The van der Waals surface area contributed by atoms with Gasteiger partial charge in [-0.05, 0) is 48.8 Å². The second kappa shape index (κ2) is 7.45. The van der Waals surface area contributed by atoms with Crippen LogP contribution >= 0.6 is 12.2 Å². The summed E-state index contributed by atoms with van der Waals surface area (Å²) in [6.45, 7) is 4.40. The molecule has 1 atom stereocenters. The van der Waals surface area contributed by atoms with Crippen LogP contribution in [0.4, 0.5) is 5.69 Å². The molecule has 1 heterocycles. The van der Waals surface area contributed by atoms with Gasteiger partial charge >= 0.3 is 0 Å². The fourth-order valence-corrected chi connectivity index (χ4v) is 2.95. The molecular weight excluding hydrogens is 316 g/mol. The van der Waals surface area contributed by atoms with E-state index in [1.165, 1.54) is 0 Å². The second-order valence-corrected chi connectivity index (χ2v) is 6.69. The van der Waals surface area contributed by atoms with Crippen molar-refractivity contribution in [3.05, 3.63) is 60.4 Å². The fraction of sp³-hybridized carbons (Fsp3) is 0.263. The average Bonchev–Trinajstić information content (AvgIpc) is 2.98. The molecule has 0 bridgehead atoms. The zero-order valence-corrected chi connectivity index (χ0v) is 14.7. The molecule has 0 aliphatic carbocycles. The molecule has 3 rings (SSSR count). The van der Waals surface area contributed by atoms with E-state index < -0.39 is 0 Å². The van der Waals surface area contributed by atoms with Crippen molar-refractivity contribution in [2.45, 2.75) is 26.3 Å². The molecule has 0 aliphatic rings. The summed E-state index contributed by atoms with van der Waals surface area (Å²) in [4.78, 5) is 8.13. The molecule has 0 saturated heterocycles. The summed E-state index contributed by atoms with van der Waals surface area (Å²) >= 11 is 5.48. The zero-order chi connectivity index (χ0) is 16.9. The third-order valence-electron chi connectivity index (χ3n) is 3.78. The van der Waals surface area contributed by atoms with Crippen LogP contribution in [0.15, 0.2) is 54.6 Å². The van der Waals surface area contributed by atoms with Crippen LogP contribution in [0.3, 0.4) is 0 Å². The molecule has 0 aliphatic heterocycles. The van der Waals surface area contributed by atoms with Crippen molar-refractivity contribution in [1.29, 1.82) is 0 Å². The van der Waals surface area contributed by atoms with Crippen LogP contribution in [0.1, 0.15) is 32.1 Å². The highest BCUT2D eigenvalue weighted by molar-refractivity contribution is 7.80. The first-order valence-corrected chi connectivity index (χ1v) is 8.60. The minimum atomic E-state index is 0.0427. The Morgan fingerprint density at radius 1 is 1.08 bits per heavy atom. The second-order valence-electron chi connectivity index (χ2n) is 6.29. The van der Waals surface area contributed by atoms with Gasteiger partial charge in [0.1, 0.15) is 5.82 Å². The van der Waals surface area contributed by atoms with Gasteiger partial charge < -0.3 is 15.6 Å². The van der Waals surface area contributed by atoms with E-state index >= 15 is 0 Å². The van der Waals surface area contributed by atoms with Crippen LogP contribution in [0.25, 0.3) is 11.0 Å². The van der Waals surface area contributed by atoms with Crippen molar-refractivity contribution in [1.82, 2.24) is 15.3 Å². The topological polar surface area (TPSA) is 52.7 Å². The van der Waals surface area contributed by atoms with Crippen molar-refractivity contribution in [2.75, 3.05) is 5.32 Å². The maximum atomic E-state index is 5.48. The van der Waals surface area contributed by atoms with Crippen molar-refractivity contribution < 1.29 is 0 Å². The first kappa shape index (κ1) is 16.5. The monoisotopic (exact) mass is 338 g/mol. The van der Waals surface area contributed by atoms with E-state index in [1.807, 2.05) is 54.6 Å². The summed E-state index contributed by atoms with van der Waals surface area (Å²) < 4.78 is 0. The Kier molecular flexibility index (Phi) is 5.11. The number of rotatable bonds is 5. The number of H-pyrrole nitrogens is 1. The molecule has 0 radical (unpaired) electrons. The molecular formula is C19H22N4S. The van der Waals surface area contributed by atoms with E-state index in [0.717, 1.165) is 29.0 Å². The lowest BCUT2D eigenvalue weighted by molar-refractivity contribution is 0.467. The quantitative estimate of drug-likeness (QED) is 0.593. The molecule has 0 saturated carbocycles. The van der Waals surface area contributed by atoms with Gasteiger partial charge in [-0.3, -0.25) is 0 Å². The van der Waals surface area contributed by atoms with Gasteiger partial charge in [0.2, 0.25) is 0 Å². The summed E-state index contributed by atoms with van der Waals surface area (Å²) in [7, 11) is 0. The maximum Gasteiger partial charge on any atom is 0.171 e. The predicted octanol–water partition coefficient (Wildman–Crippen LogP) is 4.64. The SMILES string of the molecule is CC(C)C[C@H](NC(=S)Nc1ccccc1)c1nc2ccccc2[nH]1. The van der Waals surface area contributed by atoms with Gasteiger partial charge in [0.05, 0.1) is 17.1 Å². The Balaban J connectivity index is 1.77. The molecule has 24 heavy (non-hydrogen) atoms. The number of fused-ring (bicyclic) bond motifs is 1. The zero-order valence-electron chi connectivity index (χ0n) is 13.9. The molecule has 2 aromatic carbocycles. The molecule has 0 fully saturated rings. The third kappa shape index (κ3) is 4.11. The van der Waals surface area contributed by atoms with Gasteiger partial charge in [0, 0.05) is 5.69 Å². The Labute approximate surface area is 147 Å². The van der Waals surface area contributed by atoms with Gasteiger partial charge in [-0.25, -0.2) is 4.98 Å². The number of nitrogens with one attached hydrogen (secondary N) is 3. The third-order valence-corrected chi connectivity index (χ3v) is 4.00. The predicted molar refractivity (Wildman–Crippen MR) is 104 cm³/mol. The van der Waals surface area contributed by atoms with Gasteiger partial charge in [-0.15, -0.1) is 0 Å². The fourth-order valence-electron chi connectivity index (χ4n) is 2.69. The highest BCUT2D eigenvalue weighted by Crippen LogP contribution is 2.22. The molecule has 0 unspecified atom stereocenters. The van der Waals surface area contributed by atoms with Crippen LogP contribution in [-0.4, -0.2) is 15.1 Å². The molecule has 3 N–H and O–H groups in total. The first-order valence-electron chi connectivity index (χ1n) is 8.19. The van der Waals surface area contributed by atoms with E-state index in [1.54, 1.807) is 0 Å². The summed E-state index contributed by atoms with van der Waals surface area (Å²) in [5, 5.41) is 7.23. The summed E-state index contributed by atoms with van der Waals surface area (Å²) in [5.74, 6) is 1.44. The van der Waals surface area contributed by atoms with Crippen LogP contribution in [0.5, 0.6) is 0 Å². The van der Waals surface area contributed by atoms with E-state index in [-0.39, 0.29) is 6.04 Å². The number of hydrogen-bond acceptors (Lipinski definition) is 2. The number of para-hydroxylation sites is 3. The first-order chi connectivity index (χ1) is 11.6. The molecule has 124 valence electrons. The number of benzene rings is 2. The Morgan fingerprint density at radius 2 is 1.79 bits per heavy atom. The normalized spacial score (nSPS) is 12.3. The number of thiocarbonyl (C=S) groups is 1. The summed E-state index contributed by atoms with van der Waals surface area (Å²) in [6, 6.07) is 18.0. The van der Waals surface area contributed by atoms with E-state index in [9.17, 15) is 0 Å². The van der Waals surface area contributed by atoms with Crippen LogP contribution < -0.4 is 10.6 Å². The van der Waals surface area contributed by atoms with Crippen LogP contribution in [0, 0.1) is 5.92 Å². The van der Waals surface area contributed by atoms with E-state index in [2.05, 4.69) is 29.5 Å². The van der Waals surface area contributed by atoms with Crippen LogP contribution in [0.2, 0.25) is 0 Å². The molecule has 4 nitrogen and oxygen atoms in total. The number of nitrogens with zero attached hydrogens (tertiary/aromatic N) is 1. The average molecular weight is 338 g/mol. The van der Waals surface area contributed by atoms with E-state index in [4.69, 9.17) is 17.2 Å². The van der Waals surface area contributed by atoms with Gasteiger partial charge in [-0.2, -0.15) is 0 Å². The van der Waals surface area contributed by atoms with E-state index in [0.29, 0.717) is 11.0 Å². The van der Waals surface area contributed by atoms with Crippen molar-refractivity contribution in [3.8, 4) is 0 Å². The van der Waals surface area contributed by atoms with Crippen molar-refractivity contribution in [2.24, 2.45) is 5.92 Å². The van der Waals surface area contributed by atoms with Crippen molar-refractivity contribution in [3.63, 3.8) is 0 Å². The smallest absolute Gasteiger partial charge is 0.171 e. The number of anilines is 1. The van der Waals surface area contributed by atoms with Crippen LogP contribution in [-0.2, 0) is 0 Å². The number of aromatic nitrogens is 2. The lowest BCUT2D eigenvalue weighted by Gasteiger charge is -2.21. The Bertz CT molecular complexity index is 777. The number of imidazole rings is 1. The number of aromatic amines is 1. The van der Waals surface area contributed by atoms with Gasteiger partial charge in [-0.1, -0.05) is 44.2 Å². The largest absolute Gasteiger partial charge is 0.352 e. The number of hydrogen-bond donors (Lipinski definition) is 3. The van der Waals surface area contributed by atoms with Crippen molar-refractivity contribution >= 4 is 34.1 Å². The van der Waals surface area contributed by atoms with Gasteiger partial charge in [0.25, 0.3) is 0 Å². The summed E-state index contributed by atoms with van der Waals surface area (Å²) in [6.07, 6.45) is 0.941. The Hall–Kier alpha value is -2.40. The summed E-state index contributed by atoms with van der Waals surface area (Å²) in [5.41, 5.74) is 3.00. The Morgan fingerprint density at radius 3 is 2.50 bits per heavy atom. The minimum absolute atomic E-state index is 0.0427. The lowest BCUT2D eigenvalue weighted by atomic mass is 10.0. The minimum Gasteiger partial charge on any atom is -0.352 e. The molecule has 1 aromatic heterocycles. The molecule has 5 heteroatoms. The molecule has 0 spiro atoms. The molecule has 0 amide bonds. The highest BCUT2D eigenvalue weighted by Gasteiger charge is 2.18. The maximum absolute atomic E-state index is 5.48. The van der Waals surface area contributed by atoms with Gasteiger partial charge in [0.15, 0.2) is 5.11 Å². The highest BCUT2D eigenvalue weighted by atomic mass is 32.1. The molecule has 3 aromatic rings.